The second-order valence-electron chi connectivity index (χ2n) is 2.99. The van der Waals surface area contributed by atoms with Gasteiger partial charge in [0.25, 0.3) is 0 Å². The molecule has 0 saturated carbocycles. The van der Waals surface area contributed by atoms with Crippen LogP contribution in [0.25, 0.3) is 11.4 Å². The third-order valence-corrected chi connectivity index (χ3v) is 2.04. The van der Waals surface area contributed by atoms with Gasteiger partial charge >= 0.3 is 0 Å². The quantitative estimate of drug-likeness (QED) is 0.777. The molecule has 0 radical (unpaired) electrons. The van der Waals surface area contributed by atoms with Crippen LogP contribution < -0.4 is 5.73 Å². The van der Waals surface area contributed by atoms with Gasteiger partial charge in [-0.15, -0.1) is 0 Å². The Kier molecular flexibility index (Phi) is 2.18. The molecule has 2 aromatic heterocycles. The molecular formula is C10H12N4. The fourth-order valence-electron chi connectivity index (χ4n) is 1.32. The molecular weight excluding hydrogens is 176 g/mol. The zero-order valence-electron chi connectivity index (χ0n) is 8.01. The third-order valence-electron chi connectivity index (χ3n) is 2.04. The molecule has 2 rings (SSSR count). The molecule has 0 atom stereocenters. The number of nitrogens with two attached hydrogens (primary N) is 1. The second-order valence-corrected chi connectivity index (χ2v) is 2.99. The molecule has 2 N–H and O–H groups in total. The number of aromatic nitrogens is 3. The lowest BCUT2D eigenvalue weighted by Crippen LogP contribution is -2.01. The lowest BCUT2D eigenvalue weighted by Gasteiger charge is -1.96. The van der Waals surface area contributed by atoms with Gasteiger partial charge < -0.3 is 5.73 Å². The Morgan fingerprint density at radius 3 is 2.79 bits per heavy atom. The van der Waals surface area contributed by atoms with Gasteiger partial charge in [-0.3, -0.25) is 4.98 Å². The molecule has 0 fully saturated rings. The maximum Gasteiger partial charge on any atom is 0.122 e. The number of pyridine rings is 1. The smallest absolute Gasteiger partial charge is 0.122 e. The van der Waals surface area contributed by atoms with Crippen LogP contribution in [0.15, 0.2) is 30.5 Å². The van der Waals surface area contributed by atoms with Crippen molar-refractivity contribution in [2.24, 2.45) is 0 Å². The lowest BCUT2D eigenvalue weighted by atomic mass is 10.3. The summed E-state index contributed by atoms with van der Waals surface area (Å²) in [5.41, 5.74) is 7.44. The van der Waals surface area contributed by atoms with E-state index in [2.05, 4.69) is 10.1 Å². The Morgan fingerprint density at radius 2 is 2.21 bits per heavy atom. The first-order valence-electron chi connectivity index (χ1n) is 4.56. The van der Waals surface area contributed by atoms with Crippen molar-refractivity contribution >= 4 is 5.82 Å². The number of hydrogen-bond acceptors (Lipinski definition) is 3. The molecule has 0 saturated heterocycles. The fourth-order valence-corrected chi connectivity index (χ4v) is 1.32. The minimum absolute atomic E-state index is 0.674. The SMILES string of the molecule is CCn1nc(-c2ccccn2)cc1N. The van der Waals surface area contributed by atoms with Gasteiger partial charge in [-0.25, -0.2) is 4.68 Å². The molecule has 4 heteroatoms. The van der Waals surface area contributed by atoms with Crippen molar-refractivity contribution in [3.63, 3.8) is 0 Å². The summed E-state index contributed by atoms with van der Waals surface area (Å²) in [7, 11) is 0. The van der Waals surface area contributed by atoms with Crippen LogP contribution in [0.1, 0.15) is 6.92 Å². The van der Waals surface area contributed by atoms with E-state index in [0.29, 0.717) is 5.82 Å². The summed E-state index contributed by atoms with van der Waals surface area (Å²) in [6, 6.07) is 7.57. The number of rotatable bonds is 2. The summed E-state index contributed by atoms with van der Waals surface area (Å²) >= 11 is 0. The van der Waals surface area contributed by atoms with Crippen molar-refractivity contribution in [3.8, 4) is 11.4 Å². The highest BCUT2D eigenvalue weighted by atomic mass is 15.3. The molecule has 0 aliphatic rings. The van der Waals surface area contributed by atoms with Crippen molar-refractivity contribution in [2.45, 2.75) is 13.5 Å². The third kappa shape index (κ3) is 1.46. The van der Waals surface area contributed by atoms with Crippen LogP contribution in [0.3, 0.4) is 0 Å². The van der Waals surface area contributed by atoms with Crippen molar-refractivity contribution in [1.82, 2.24) is 14.8 Å². The number of nitrogen functional groups attached to an aromatic ring is 1. The van der Waals surface area contributed by atoms with Gasteiger partial charge in [0.1, 0.15) is 11.5 Å². The summed E-state index contributed by atoms with van der Waals surface area (Å²) in [6.07, 6.45) is 1.75. The summed E-state index contributed by atoms with van der Waals surface area (Å²) < 4.78 is 1.75. The number of aryl methyl sites for hydroxylation is 1. The maximum absolute atomic E-state index is 5.76. The summed E-state index contributed by atoms with van der Waals surface area (Å²) in [5, 5.41) is 4.33. The van der Waals surface area contributed by atoms with Crippen LogP contribution in [0.2, 0.25) is 0 Å². The molecule has 72 valence electrons. The van der Waals surface area contributed by atoms with E-state index in [1.807, 2.05) is 31.2 Å². The Bertz CT molecular complexity index is 419. The van der Waals surface area contributed by atoms with Crippen molar-refractivity contribution in [2.75, 3.05) is 5.73 Å². The van der Waals surface area contributed by atoms with E-state index in [4.69, 9.17) is 5.73 Å². The van der Waals surface area contributed by atoms with Crippen molar-refractivity contribution in [3.05, 3.63) is 30.5 Å². The molecule has 0 spiro atoms. The summed E-state index contributed by atoms with van der Waals surface area (Å²) in [4.78, 5) is 4.21. The molecule has 0 aliphatic heterocycles. The lowest BCUT2D eigenvalue weighted by molar-refractivity contribution is 0.672. The van der Waals surface area contributed by atoms with Crippen LogP contribution in [0.5, 0.6) is 0 Å². The van der Waals surface area contributed by atoms with Gasteiger partial charge in [0.05, 0.1) is 5.69 Å². The zero-order valence-corrected chi connectivity index (χ0v) is 8.01. The van der Waals surface area contributed by atoms with Gasteiger partial charge in [-0.05, 0) is 19.1 Å². The predicted octanol–water partition coefficient (Wildman–Crippen LogP) is 1.55. The first kappa shape index (κ1) is 8.74. The largest absolute Gasteiger partial charge is 0.384 e. The van der Waals surface area contributed by atoms with Crippen LogP contribution in [0.4, 0.5) is 5.82 Å². The first-order chi connectivity index (χ1) is 6.81. The minimum atomic E-state index is 0.674. The molecule has 0 aliphatic carbocycles. The van der Waals surface area contributed by atoms with Crippen LogP contribution >= 0.6 is 0 Å². The van der Waals surface area contributed by atoms with Gasteiger partial charge in [0.2, 0.25) is 0 Å². The van der Waals surface area contributed by atoms with Crippen molar-refractivity contribution in [1.29, 1.82) is 0 Å². The molecule has 4 nitrogen and oxygen atoms in total. The fraction of sp³-hybridized carbons (Fsp3) is 0.200. The maximum atomic E-state index is 5.76. The van der Waals surface area contributed by atoms with E-state index < -0.39 is 0 Å². The number of nitrogens with zero attached hydrogens (tertiary/aromatic N) is 3. The monoisotopic (exact) mass is 188 g/mol. The van der Waals surface area contributed by atoms with Crippen LogP contribution in [-0.2, 0) is 6.54 Å². The van der Waals surface area contributed by atoms with E-state index >= 15 is 0 Å². The van der Waals surface area contributed by atoms with Crippen molar-refractivity contribution < 1.29 is 0 Å². The van der Waals surface area contributed by atoms with Crippen LogP contribution in [-0.4, -0.2) is 14.8 Å². The standard InChI is InChI=1S/C10H12N4/c1-2-14-10(11)7-9(13-14)8-5-3-4-6-12-8/h3-7H,2,11H2,1H3. The van der Waals surface area contributed by atoms with E-state index in [0.717, 1.165) is 17.9 Å². The molecule has 0 bridgehead atoms. The second kappa shape index (κ2) is 3.49. The van der Waals surface area contributed by atoms with Gasteiger partial charge in [-0.2, -0.15) is 5.10 Å². The van der Waals surface area contributed by atoms with E-state index in [9.17, 15) is 0 Å². The Balaban J connectivity index is 2.43. The highest BCUT2D eigenvalue weighted by molar-refractivity contribution is 5.57. The topological polar surface area (TPSA) is 56.7 Å². The molecule has 14 heavy (non-hydrogen) atoms. The molecule has 0 amide bonds. The first-order valence-corrected chi connectivity index (χ1v) is 4.56. The Hall–Kier alpha value is -1.84. The molecule has 2 aromatic rings. The molecule has 0 aromatic carbocycles. The van der Waals surface area contributed by atoms with E-state index in [1.165, 1.54) is 0 Å². The van der Waals surface area contributed by atoms with Crippen LogP contribution in [0, 0.1) is 0 Å². The number of hydrogen-bond donors (Lipinski definition) is 1. The van der Waals surface area contributed by atoms with Gasteiger partial charge in [-0.1, -0.05) is 6.07 Å². The summed E-state index contributed by atoms with van der Waals surface area (Å²) in [6.45, 7) is 2.78. The Labute approximate surface area is 82.4 Å². The average Bonchev–Trinajstić information content (AvgIpc) is 2.61. The van der Waals surface area contributed by atoms with Gasteiger partial charge in [0, 0.05) is 18.8 Å². The average molecular weight is 188 g/mol. The van der Waals surface area contributed by atoms with E-state index in [1.54, 1.807) is 10.9 Å². The zero-order chi connectivity index (χ0) is 9.97. The minimum Gasteiger partial charge on any atom is -0.384 e. The molecule has 2 heterocycles. The van der Waals surface area contributed by atoms with E-state index in [-0.39, 0.29) is 0 Å². The normalized spacial score (nSPS) is 10.4. The predicted molar refractivity (Wildman–Crippen MR) is 55.5 cm³/mol. The highest BCUT2D eigenvalue weighted by Crippen LogP contribution is 2.17. The molecule has 0 unspecified atom stereocenters. The highest BCUT2D eigenvalue weighted by Gasteiger charge is 2.05. The van der Waals surface area contributed by atoms with Gasteiger partial charge in [0.15, 0.2) is 0 Å². The summed E-state index contributed by atoms with van der Waals surface area (Å²) in [5.74, 6) is 0.674. The Morgan fingerprint density at radius 1 is 1.36 bits per heavy atom. The number of anilines is 1.